The van der Waals surface area contributed by atoms with Gasteiger partial charge >= 0.3 is 11.7 Å². The van der Waals surface area contributed by atoms with Gasteiger partial charge in [-0.1, -0.05) is 17.7 Å². The number of phenolic OH excluding ortho intramolecular Hbond substituents is 1. The van der Waals surface area contributed by atoms with Crippen LogP contribution >= 0.6 is 11.6 Å². The van der Waals surface area contributed by atoms with Gasteiger partial charge in [-0.05, 0) is 42.0 Å². The summed E-state index contributed by atoms with van der Waals surface area (Å²) in [5, 5.41) is 23.2. The van der Waals surface area contributed by atoms with Gasteiger partial charge < -0.3 is 10.4 Å². The summed E-state index contributed by atoms with van der Waals surface area (Å²) in [5.74, 6) is -1.10. The summed E-state index contributed by atoms with van der Waals surface area (Å²) in [5.41, 5.74) is 0.0821. The molecule has 1 aliphatic heterocycles. The molecule has 8 nitrogen and oxygen atoms in total. The van der Waals surface area contributed by atoms with E-state index >= 15 is 0 Å². The van der Waals surface area contributed by atoms with Gasteiger partial charge in [-0.15, -0.1) is 0 Å². The molecule has 126 valence electrons. The number of amides is 3. The molecular formula is C16H10ClN3O5. The Morgan fingerprint density at radius 2 is 1.84 bits per heavy atom. The molecule has 1 aliphatic rings. The fraction of sp³-hybridized carbons (Fsp3) is 0. The van der Waals surface area contributed by atoms with Crippen molar-refractivity contribution in [2.75, 3.05) is 4.90 Å². The lowest BCUT2D eigenvalue weighted by Crippen LogP contribution is -2.30. The summed E-state index contributed by atoms with van der Waals surface area (Å²) in [6.45, 7) is 0. The molecule has 0 saturated carbocycles. The van der Waals surface area contributed by atoms with E-state index in [4.69, 9.17) is 11.6 Å². The van der Waals surface area contributed by atoms with E-state index in [1.807, 2.05) is 0 Å². The Balaban J connectivity index is 1.94. The van der Waals surface area contributed by atoms with Crippen molar-refractivity contribution in [1.29, 1.82) is 0 Å². The number of carbonyl (C=O) groups excluding carboxylic acids is 2. The molecule has 9 heteroatoms. The van der Waals surface area contributed by atoms with Crippen molar-refractivity contribution in [1.82, 2.24) is 5.32 Å². The highest BCUT2D eigenvalue weighted by Crippen LogP contribution is 2.28. The average molecular weight is 360 g/mol. The van der Waals surface area contributed by atoms with Gasteiger partial charge in [0, 0.05) is 11.1 Å². The van der Waals surface area contributed by atoms with Crippen LogP contribution in [0.5, 0.6) is 5.75 Å². The molecule has 0 atom stereocenters. The summed E-state index contributed by atoms with van der Waals surface area (Å²) in [6, 6.07) is 9.12. The highest BCUT2D eigenvalue weighted by atomic mass is 35.5. The highest BCUT2D eigenvalue weighted by Gasteiger charge is 2.34. The first kappa shape index (κ1) is 16.5. The van der Waals surface area contributed by atoms with Crippen LogP contribution in [-0.4, -0.2) is 22.0 Å². The molecule has 0 spiro atoms. The van der Waals surface area contributed by atoms with Gasteiger partial charge in [0.25, 0.3) is 5.91 Å². The van der Waals surface area contributed by atoms with Crippen molar-refractivity contribution in [3.05, 3.63) is 68.9 Å². The predicted molar refractivity (Wildman–Crippen MR) is 90.2 cm³/mol. The number of urea groups is 1. The fourth-order valence-electron chi connectivity index (χ4n) is 2.30. The first-order chi connectivity index (χ1) is 11.9. The quantitative estimate of drug-likeness (QED) is 0.378. The normalized spacial score (nSPS) is 15.6. The Labute approximate surface area is 146 Å². The minimum atomic E-state index is -0.744. The van der Waals surface area contributed by atoms with E-state index in [0.717, 1.165) is 17.0 Å². The molecule has 1 saturated heterocycles. The van der Waals surface area contributed by atoms with E-state index in [0.29, 0.717) is 10.7 Å². The second-order valence-corrected chi connectivity index (χ2v) is 5.55. The Morgan fingerprint density at radius 1 is 1.16 bits per heavy atom. The SMILES string of the molecule is O=C1NC(=Cc2ccc(O)c([N+](=O)[O-])c2)C(=O)N1c1ccc(Cl)cc1. The van der Waals surface area contributed by atoms with Gasteiger partial charge in [-0.3, -0.25) is 14.9 Å². The molecule has 0 unspecified atom stereocenters. The maximum atomic E-state index is 12.4. The second kappa shape index (κ2) is 6.25. The van der Waals surface area contributed by atoms with Crippen LogP contribution in [0.25, 0.3) is 6.08 Å². The molecule has 1 fully saturated rings. The number of nitrogens with zero attached hydrogens (tertiary/aromatic N) is 2. The summed E-state index contributed by atoms with van der Waals surface area (Å²) >= 11 is 5.79. The third-order valence-corrected chi connectivity index (χ3v) is 3.72. The zero-order valence-corrected chi connectivity index (χ0v) is 13.2. The molecule has 0 bridgehead atoms. The van der Waals surface area contributed by atoms with Crippen molar-refractivity contribution in [2.45, 2.75) is 0 Å². The minimum Gasteiger partial charge on any atom is -0.502 e. The number of halogens is 1. The number of hydrogen-bond acceptors (Lipinski definition) is 5. The molecule has 2 aromatic carbocycles. The third-order valence-electron chi connectivity index (χ3n) is 3.47. The topological polar surface area (TPSA) is 113 Å². The van der Waals surface area contributed by atoms with Crippen LogP contribution in [-0.2, 0) is 4.79 Å². The predicted octanol–water partition coefficient (Wildman–Crippen LogP) is 3.05. The Bertz CT molecular complexity index is 924. The molecule has 25 heavy (non-hydrogen) atoms. The Hall–Kier alpha value is -3.39. The van der Waals surface area contributed by atoms with E-state index in [-0.39, 0.29) is 11.3 Å². The number of phenols is 1. The summed E-state index contributed by atoms with van der Waals surface area (Å²) in [4.78, 5) is 35.6. The van der Waals surface area contributed by atoms with Crippen LogP contribution < -0.4 is 10.2 Å². The first-order valence-electron chi connectivity index (χ1n) is 6.97. The number of benzene rings is 2. The molecule has 2 aromatic rings. The zero-order chi connectivity index (χ0) is 18.1. The Morgan fingerprint density at radius 3 is 2.48 bits per heavy atom. The van der Waals surface area contributed by atoms with Gasteiger partial charge in [-0.25, -0.2) is 9.69 Å². The van der Waals surface area contributed by atoms with E-state index in [1.165, 1.54) is 24.3 Å². The lowest BCUT2D eigenvalue weighted by Gasteiger charge is -2.11. The number of nitro benzene ring substituents is 1. The smallest absolute Gasteiger partial charge is 0.333 e. The van der Waals surface area contributed by atoms with E-state index < -0.39 is 28.3 Å². The molecule has 3 rings (SSSR count). The standard InChI is InChI=1S/C16H10ClN3O5/c17-10-2-4-11(5-3-10)19-15(22)12(18-16(19)23)7-9-1-6-14(21)13(8-9)20(24)25/h1-8,21H,(H,18,23). The molecule has 2 N–H and O–H groups in total. The molecule has 0 aromatic heterocycles. The van der Waals surface area contributed by atoms with Crippen molar-refractivity contribution in [2.24, 2.45) is 0 Å². The Kier molecular flexibility index (Phi) is 4.12. The van der Waals surface area contributed by atoms with Gasteiger partial charge in [0.2, 0.25) is 0 Å². The number of rotatable bonds is 3. The molecular weight excluding hydrogens is 350 g/mol. The minimum absolute atomic E-state index is 0.0417. The second-order valence-electron chi connectivity index (χ2n) is 5.11. The summed E-state index contributed by atoms with van der Waals surface area (Å²) < 4.78 is 0. The van der Waals surface area contributed by atoms with E-state index in [1.54, 1.807) is 12.1 Å². The number of imide groups is 1. The highest BCUT2D eigenvalue weighted by molar-refractivity contribution is 6.31. The van der Waals surface area contributed by atoms with Crippen molar-refractivity contribution in [3.8, 4) is 5.75 Å². The lowest BCUT2D eigenvalue weighted by molar-refractivity contribution is -0.385. The van der Waals surface area contributed by atoms with Crippen LogP contribution in [0.15, 0.2) is 48.2 Å². The van der Waals surface area contributed by atoms with Crippen molar-refractivity contribution >= 4 is 41.0 Å². The van der Waals surface area contributed by atoms with Crippen LogP contribution in [0.3, 0.4) is 0 Å². The number of hydrogen-bond donors (Lipinski definition) is 2. The van der Waals surface area contributed by atoms with Crippen LogP contribution in [0, 0.1) is 10.1 Å². The third kappa shape index (κ3) is 3.15. The van der Waals surface area contributed by atoms with Crippen LogP contribution in [0.1, 0.15) is 5.56 Å². The number of aromatic hydroxyl groups is 1. The molecule has 0 aliphatic carbocycles. The van der Waals surface area contributed by atoms with E-state index in [9.17, 15) is 24.8 Å². The van der Waals surface area contributed by atoms with E-state index in [2.05, 4.69) is 5.32 Å². The zero-order valence-electron chi connectivity index (χ0n) is 12.5. The average Bonchev–Trinajstić information content (AvgIpc) is 2.84. The first-order valence-corrected chi connectivity index (χ1v) is 7.35. The lowest BCUT2D eigenvalue weighted by atomic mass is 10.1. The van der Waals surface area contributed by atoms with Gasteiger partial charge in [0.05, 0.1) is 10.6 Å². The maximum Gasteiger partial charge on any atom is 0.333 e. The van der Waals surface area contributed by atoms with Crippen molar-refractivity contribution in [3.63, 3.8) is 0 Å². The van der Waals surface area contributed by atoms with Crippen LogP contribution in [0.4, 0.5) is 16.2 Å². The largest absolute Gasteiger partial charge is 0.502 e. The van der Waals surface area contributed by atoms with Gasteiger partial charge in [-0.2, -0.15) is 0 Å². The molecule has 0 radical (unpaired) electrons. The number of nitro groups is 1. The fourth-order valence-corrected chi connectivity index (χ4v) is 2.43. The number of carbonyl (C=O) groups is 2. The molecule has 1 heterocycles. The monoisotopic (exact) mass is 359 g/mol. The summed E-state index contributed by atoms with van der Waals surface area (Å²) in [6.07, 6.45) is 1.29. The van der Waals surface area contributed by atoms with Gasteiger partial charge in [0.1, 0.15) is 5.70 Å². The maximum absolute atomic E-state index is 12.4. The molecule has 3 amide bonds. The number of anilines is 1. The van der Waals surface area contributed by atoms with Crippen LogP contribution in [0.2, 0.25) is 5.02 Å². The number of nitrogens with one attached hydrogen (secondary N) is 1. The van der Waals surface area contributed by atoms with Gasteiger partial charge in [0.15, 0.2) is 5.75 Å². The van der Waals surface area contributed by atoms with Crippen molar-refractivity contribution < 1.29 is 19.6 Å². The summed E-state index contributed by atoms with van der Waals surface area (Å²) in [7, 11) is 0.